The quantitative estimate of drug-likeness (QED) is 0.828. The number of terminal acetylenes is 1. The zero-order chi connectivity index (χ0) is 13.9. The highest BCUT2D eigenvalue weighted by Gasteiger charge is 2.44. The highest BCUT2D eigenvalue weighted by Crippen LogP contribution is 2.41. The molecule has 0 aliphatic heterocycles. The summed E-state index contributed by atoms with van der Waals surface area (Å²) in [4.78, 5) is 0. The number of benzene rings is 2. The molecule has 1 heteroatoms. The molecule has 0 saturated heterocycles. The Bertz CT molecular complexity index is 537. The number of hydrogen-bond donors (Lipinski definition) is 1. The Morgan fingerprint density at radius 1 is 0.842 bits per heavy atom. The van der Waals surface area contributed by atoms with Crippen LogP contribution < -0.4 is 0 Å². The summed E-state index contributed by atoms with van der Waals surface area (Å²) in [5, 5.41) is 10.7. The topological polar surface area (TPSA) is 20.2 Å². The Labute approximate surface area is 114 Å². The van der Waals surface area contributed by atoms with Crippen LogP contribution in [0.15, 0.2) is 60.7 Å². The molecule has 0 aliphatic rings. The van der Waals surface area contributed by atoms with E-state index in [1.807, 2.05) is 67.6 Å². The van der Waals surface area contributed by atoms with Crippen molar-refractivity contribution in [3.05, 3.63) is 71.8 Å². The molecular formula is C18H18O. The van der Waals surface area contributed by atoms with Crippen molar-refractivity contribution in [3.63, 3.8) is 0 Å². The van der Waals surface area contributed by atoms with E-state index in [4.69, 9.17) is 6.42 Å². The zero-order valence-electron chi connectivity index (χ0n) is 11.3. The van der Waals surface area contributed by atoms with Crippen molar-refractivity contribution in [1.29, 1.82) is 0 Å². The smallest absolute Gasteiger partial charge is 0.135 e. The fourth-order valence-corrected chi connectivity index (χ4v) is 2.42. The van der Waals surface area contributed by atoms with Crippen LogP contribution >= 0.6 is 0 Å². The fraction of sp³-hybridized carbons (Fsp3) is 0.222. The molecule has 1 N–H and O–H groups in total. The summed E-state index contributed by atoms with van der Waals surface area (Å²) < 4.78 is 0. The van der Waals surface area contributed by atoms with Gasteiger partial charge in [-0.1, -0.05) is 66.6 Å². The lowest BCUT2D eigenvalue weighted by Crippen LogP contribution is -2.47. The third-order valence-electron chi connectivity index (χ3n) is 3.96. The Balaban J connectivity index is 2.69. The van der Waals surface area contributed by atoms with Crippen molar-refractivity contribution < 1.29 is 5.11 Å². The summed E-state index contributed by atoms with van der Waals surface area (Å²) in [5.41, 5.74) is 0.0910. The van der Waals surface area contributed by atoms with Crippen molar-refractivity contribution in [2.75, 3.05) is 0 Å². The van der Waals surface area contributed by atoms with E-state index >= 15 is 0 Å². The van der Waals surface area contributed by atoms with Gasteiger partial charge < -0.3 is 5.11 Å². The van der Waals surface area contributed by atoms with Crippen LogP contribution in [0.5, 0.6) is 0 Å². The minimum Gasteiger partial charge on any atom is -0.377 e. The molecule has 0 aliphatic carbocycles. The van der Waals surface area contributed by atoms with Crippen LogP contribution in [0.2, 0.25) is 0 Å². The van der Waals surface area contributed by atoms with Crippen LogP contribution in [-0.2, 0) is 5.41 Å². The van der Waals surface area contributed by atoms with Crippen molar-refractivity contribution in [3.8, 4) is 12.3 Å². The molecule has 0 bridgehead atoms. The Morgan fingerprint density at radius 2 is 1.21 bits per heavy atom. The number of rotatable bonds is 3. The Morgan fingerprint density at radius 3 is 1.53 bits per heavy atom. The molecule has 2 rings (SSSR count). The molecule has 0 heterocycles. The fourth-order valence-electron chi connectivity index (χ4n) is 2.42. The van der Waals surface area contributed by atoms with Gasteiger partial charge in [0.25, 0.3) is 0 Å². The van der Waals surface area contributed by atoms with E-state index in [1.165, 1.54) is 0 Å². The SMILES string of the molecule is C#CC(C)(O)C(C)(c1ccccc1)c1ccccc1. The summed E-state index contributed by atoms with van der Waals surface area (Å²) in [6.07, 6.45) is 5.57. The van der Waals surface area contributed by atoms with Gasteiger partial charge in [0.15, 0.2) is 0 Å². The number of aliphatic hydroxyl groups is 1. The molecule has 0 aromatic heterocycles. The van der Waals surface area contributed by atoms with E-state index in [2.05, 4.69) is 5.92 Å². The predicted molar refractivity (Wildman–Crippen MR) is 78.8 cm³/mol. The summed E-state index contributed by atoms with van der Waals surface area (Å²) in [6.45, 7) is 3.67. The van der Waals surface area contributed by atoms with Crippen LogP contribution in [0.1, 0.15) is 25.0 Å². The molecule has 0 saturated carbocycles. The lowest BCUT2D eigenvalue weighted by molar-refractivity contribution is 0.0589. The molecular weight excluding hydrogens is 232 g/mol. The van der Waals surface area contributed by atoms with Crippen molar-refractivity contribution in [2.45, 2.75) is 24.9 Å². The van der Waals surface area contributed by atoms with Gasteiger partial charge in [-0.3, -0.25) is 0 Å². The molecule has 0 spiro atoms. The van der Waals surface area contributed by atoms with E-state index in [0.717, 1.165) is 11.1 Å². The lowest BCUT2D eigenvalue weighted by Gasteiger charge is -2.40. The van der Waals surface area contributed by atoms with Crippen molar-refractivity contribution in [2.24, 2.45) is 0 Å². The van der Waals surface area contributed by atoms with Gasteiger partial charge in [0.1, 0.15) is 5.60 Å². The van der Waals surface area contributed by atoms with E-state index in [-0.39, 0.29) is 0 Å². The average Bonchev–Trinajstić information content (AvgIpc) is 2.48. The predicted octanol–water partition coefficient (Wildman–Crippen LogP) is 3.38. The van der Waals surface area contributed by atoms with Crippen molar-refractivity contribution >= 4 is 0 Å². The second-order valence-electron chi connectivity index (χ2n) is 5.07. The first-order chi connectivity index (χ1) is 9.02. The normalized spacial score (nSPS) is 14.4. The highest BCUT2D eigenvalue weighted by molar-refractivity contribution is 5.45. The van der Waals surface area contributed by atoms with Crippen LogP contribution in [0, 0.1) is 12.3 Å². The second kappa shape index (κ2) is 4.91. The van der Waals surface area contributed by atoms with Gasteiger partial charge in [-0.25, -0.2) is 0 Å². The van der Waals surface area contributed by atoms with Gasteiger partial charge in [0.2, 0.25) is 0 Å². The summed E-state index contributed by atoms with van der Waals surface area (Å²) in [5.74, 6) is 2.53. The third-order valence-corrected chi connectivity index (χ3v) is 3.96. The van der Waals surface area contributed by atoms with Gasteiger partial charge in [-0.15, -0.1) is 6.42 Å². The minimum atomic E-state index is -1.27. The highest BCUT2D eigenvalue weighted by atomic mass is 16.3. The third kappa shape index (κ3) is 2.16. The van der Waals surface area contributed by atoms with Gasteiger partial charge in [-0.05, 0) is 25.0 Å². The molecule has 0 radical (unpaired) electrons. The maximum Gasteiger partial charge on any atom is 0.135 e. The van der Waals surface area contributed by atoms with E-state index < -0.39 is 11.0 Å². The minimum absolute atomic E-state index is 0.649. The largest absolute Gasteiger partial charge is 0.377 e. The first-order valence-electron chi connectivity index (χ1n) is 6.33. The molecule has 2 aromatic carbocycles. The van der Waals surface area contributed by atoms with Gasteiger partial charge >= 0.3 is 0 Å². The van der Waals surface area contributed by atoms with Crippen LogP contribution in [-0.4, -0.2) is 10.7 Å². The molecule has 2 aromatic rings. The molecule has 0 amide bonds. The molecule has 19 heavy (non-hydrogen) atoms. The zero-order valence-corrected chi connectivity index (χ0v) is 11.3. The first-order valence-corrected chi connectivity index (χ1v) is 6.33. The molecule has 1 atom stereocenters. The summed E-state index contributed by atoms with van der Waals surface area (Å²) in [6, 6.07) is 19.8. The number of hydrogen-bond acceptors (Lipinski definition) is 1. The Hall–Kier alpha value is -2.04. The molecule has 96 valence electrons. The second-order valence-corrected chi connectivity index (χ2v) is 5.07. The maximum atomic E-state index is 10.7. The monoisotopic (exact) mass is 250 g/mol. The molecule has 0 fully saturated rings. The van der Waals surface area contributed by atoms with Gasteiger partial charge in [-0.2, -0.15) is 0 Å². The van der Waals surface area contributed by atoms with Gasteiger partial charge in [0, 0.05) is 0 Å². The average molecular weight is 250 g/mol. The first kappa shape index (κ1) is 13.4. The van der Waals surface area contributed by atoms with E-state index in [9.17, 15) is 5.11 Å². The maximum absolute atomic E-state index is 10.7. The van der Waals surface area contributed by atoms with E-state index in [1.54, 1.807) is 6.92 Å². The van der Waals surface area contributed by atoms with Gasteiger partial charge in [0.05, 0.1) is 5.41 Å². The molecule has 1 unspecified atom stereocenters. The summed E-state index contributed by atoms with van der Waals surface area (Å²) in [7, 11) is 0. The lowest BCUT2D eigenvalue weighted by atomic mass is 9.65. The Kier molecular flexibility index (Phi) is 3.46. The molecule has 1 nitrogen and oxygen atoms in total. The van der Waals surface area contributed by atoms with Crippen LogP contribution in [0.3, 0.4) is 0 Å². The van der Waals surface area contributed by atoms with Crippen LogP contribution in [0.4, 0.5) is 0 Å². The van der Waals surface area contributed by atoms with E-state index in [0.29, 0.717) is 0 Å². The summed E-state index contributed by atoms with van der Waals surface area (Å²) >= 11 is 0. The van der Waals surface area contributed by atoms with Crippen molar-refractivity contribution in [1.82, 2.24) is 0 Å². The van der Waals surface area contributed by atoms with Crippen LogP contribution in [0.25, 0.3) is 0 Å². The standard InChI is InChI=1S/C18H18O/c1-4-17(2,19)18(3,15-11-7-5-8-12-15)16-13-9-6-10-14-16/h1,5-14,19H,2-3H3.